The van der Waals surface area contributed by atoms with E-state index in [0.717, 1.165) is 44.2 Å². The van der Waals surface area contributed by atoms with Gasteiger partial charge in [-0.3, -0.25) is 14.5 Å². The fraction of sp³-hybridized carbons (Fsp3) is 0.591. The zero-order chi connectivity index (χ0) is 20.4. The highest BCUT2D eigenvalue weighted by atomic mass is 16.2. The number of imide groups is 1. The smallest absolute Gasteiger partial charge is 0.326 e. The molecule has 2 N–H and O–H groups in total. The summed E-state index contributed by atoms with van der Waals surface area (Å²) in [6, 6.07) is 9.21. The largest absolute Gasteiger partial charge is 0.326 e. The molecule has 1 saturated carbocycles. The molecule has 1 spiro atoms. The summed E-state index contributed by atoms with van der Waals surface area (Å²) in [5.41, 5.74) is 0.106. The molecule has 4 amide bonds. The van der Waals surface area contributed by atoms with E-state index in [4.69, 9.17) is 0 Å². The number of amides is 4. The predicted octanol–water partition coefficient (Wildman–Crippen LogP) is 2.80. The highest BCUT2D eigenvalue weighted by molar-refractivity contribution is 6.07. The number of carbonyl (C=O) groups is 3. The Labute approximate surface area is 171 Å². The molecule has 2 atom stereocenters. The first-order chi connectivity index (χ1) is 14.0. The molecule has 4 rings (SSSR count). The van der Waals surface area contributed by atoms with Gasteiger partial charge in [0.15, 0.2) is 0 Å². The molecule has 1 aliphatic carbocycles. The average Bonchev–Trinajstić information content (AvgIpc) is 2.96. The van der Waals surface area contributed by atoms with E-state index in [1.54, 1.807) is 0 Å². The van der Waals surface area contributed by atoms with Crippen LogP contribution in [-0.2, 0) is 9.59 Å². The first kappa shape index (κ1) is 19.9. The van der Waals surface area contributed by atoms with Crippen molar-refractivity contribution in [2.24, 2.45) is 11.8 Å². The Morgan fingerprint density at radius 3 is 2.55 bits per heavy atom. The predicted molar refractivity (Wildman–Crippen MR) is 110 cm³/mol. The lowest BCUT2D eigenvalue weighted by atomic mass is 9.73. The Morgan fingerprint density at radius 2 is 1.86 bits per heavy atom. The van der Waals surface area contributed by atoms with Gasteiger partial charge in [0.25, 0.3) is 5.91 Å². The molecule has 0 unspecified atom stereocenters. The highest BCUT2D eigenvalue weighted by Crippen LogP contribution is 2.38. The van der Waals surface area contributed by atoms with Gasteiger partial charge in [0, 0.05) is 24.7 Å². The number of rotatable bonds is 4. The Kier molecular flexibility index (Phi) is 5.58. The zero-order valence-corrected chi connectivity index (χ0v) is 17.0. The number of likely N-dealkylation sites (tertiary alicyclic amines) is 1. The van der Waals surface area contributed by atoms with Crippen LogP contribution >= 0.6 is 0 Å². The van der Waals surface area contributed by atoms with Crippen LogP contribution in [0.3, 0.4) is 0 Å². The van der Waals surface area contributed by atoms with Crippen molar-refractivity contribution in [3.63, 3.8) is 0 Å². The number of hydrogen-bond acceptors (Lipinski definition) is 4. The molecule has 7 nitrogen and oxygen atoms in total. The SMILES string of the molecule is C[C@@H]1CCCC[C@@]12NC(=O)N(CN1CCC(C(=O)Nc3ccccc3)CC1)C2=O. The molecule has 2 saturated heterocycles. The maximum atomic E-state index is 13.1. The van der Waals surface area contributed by atoms with Crippen LogP contribution < -0.4 is 10.6 Å². The van der Waals surface area contributed by atoms with E-state index in [2.05, 4.69) is 22.5 Å². The number of piperidine rings is 1. The summed E-state index contributed by atoms with van der Waals surface area (Å²) in [6.45, 7) is 3.78. The van der Waals surface area contributed by atoms with Crippen molar-refractivity contribution < 1.29 is 14.4 Å². The van der Waals surface area contributed by atoms with Gasteiger partial charge in [0.2, 0.25) is 5.91 Å². The topological polar surface area (TPSA) is 81.8 Å². The van der Waals surface area contributed by atoms with Gasteiger partial charge < -0.3 is 10.6 Å². The molecule has 1 aromatic rings. The molecule has 3 fully saturated rings. The molecule has 0 radical (unpaired) electrons. The average molecular weight is 399 g/mol. The van der Waals surface area contributed by atoms with Crippen LogP contribution in [0.25, 0.3) is 0 Å². The number of anilines is 1. The molecule has 156 valence electrons. The standard InChI is InChI=1S/C22H30N4O3/c1-16-7-5-6-12-22(16)20(28)26(21(29)24-22)15-25-13-10-17(11-14-25)19(27)23-18-8-3-2-4-9-18/h2-4,8-9,16-17H,5-7,10-15H2,1H3,(H,23,27)(H,24,29)/t16-,22-/m1/s1. The van der Waals surface area contributed by atoms with Gasteiger partial charge in [-0.1, -0.05) is 38.0 Å². The number of benzene rings is 1. The van der Waals surface area contributed by atoms with Crippen molar-refractivity contribution in [2.75, 3.05) is 25.1 Å². The van der Waals surface area contributed by atoms with Crippen LogP contribution in [0.4, 0.5) is 10.5 Å². The molecular weight excluding hydrogens is 368 g/mol. The molecule has 1 aromatic carbocycles. The lowest BCUT2D eigenvalue weighted by molar-refractivity contribution is -0.136. The van der Waals surface area contributed by atoms with Gasteiger partial charge in [0.1, 0.15) is 5.54 Å². The molecule has 0 bridgehead atoms. The third kappa shape index (κ3) is 3.88. The lowest BCUT2D eigenvalue weighted by Crippen LogP contribution is -2.54. The fourth-order valence-electron chi connectivity index (χ4n) is 4.93. The number of nitrogens with one attached hydrogen (secondary N) is 2. The first-order valence-electron chi connectivity index (χ1n) is 10.7. The molecule has 2 heterocycles. The summed E-state index contributed by atoms with van der Waals surface area (Å²) < 4.78 is 0. The monoisotopic (exact) mass is 398 g/mol. The van der Waals surface area contributed by atoms with Crippen molar-refractivity contribution in [1.82, 2.24) is 15.1 Å². The summed E-state index contributed by atoms with van der Waals surface area (Å²) in [4.78, 5) is 41.7. The molecule has 0 aromatic heterocycles. The van der Waals surface area contributed by atoms with E-state index in [1.807, 2.05) is 30.3 Å². The first-order valence-corrected chi connectivity index (χ1v) is 10.7. The second-order valence-electron chi connectivity index (χ2n) is 8.67. The van der Waals surface area contributed by atoms with Gasteiger partial charge in [-0.05, 0) is 43.7 Å². The van der Waals surface area contributed by atoms with E-state index in [9.17, 15) is 14.4 Å². The summed E-state index contributed by atoms with van der Waals surface area (Å²) in [5.74, 6) is 0.101. The molecule has 3 aliphatic rings. The molecule has 7 heteroatoms. The van der Waals surface area contributed by atoms with Crippen LogP contribution in [0.5, 0.6) is 0 Å². The van der Waals surface area contributed by atoms with Gasteiger partial charge in [-0.25, -0.2) is 9.69 Å². The molecule has 2 aliphatic heterocycles. The fourth-order valence-corrected chi connectivity index (χ4v) is 4.93. The number of para-hydroxylation sites is 1. The maximum Gasteiger partial charge on any atom is 0.326 e. The van der Waals surface area contributed by atoms with Crippen molar-refractivity contribution in [1.29, 1.82) is 0 Å². The van der Waals surface area contributed by atoms with Gasteiger partial charge in [-0.15, -0.1) is 0 Å². The minimum absolute atomic E-state index is 0.0423. The zero-order valence-electron chi connectivity index (χ0n) is 17.0. The lowest BCUT2D eigenvalue weighted by Gasteiger charge is -2.37. The van der Waals surface area contributed by atoms with E-state index in [1.165, 1.54) is 4.90 Å². The molecular formula is C22H30N4O3. The summed E-state index contributed by atoms with van der Waals surface area (Å²) in [6.07, 6.45) is 5.25. The summed E-state index contributed by atoms with van der Waals surface area (Å²) in [7, 11) is 0. The van der Waals surface area contributed by atoms with Crippen LogP contribution in [-0.4, -0.2) is 52.9 Å². The Bertz CT molecular complexity index is 776. The minimum Gasteiger partial charge on any atom is -0.326 e. The van der Waals surface area contributed by atoms with E-state index >= 15 is 0 Å². The van der Waals surface area contributed by atoms with Crippen LogP contribution in [0.15, 0.2) is 30.3 Å². The normalized spacial score (nSPS) is 28.6. The van der Waals surface area contributed by atoms with Gasteiger partial charge in [0.05, 0.1) is 6.67 Å². The third-order valence-electron chi connectivity index (χ3n) is 6.84. The van der Waals surface area contributed by atoms with Crippen molar-refractivity contribution in [3.8, 4) is 0 Å². The summed E-state index contributed by atoms with van der Waals surface area (Å²) in [5, 5.41) is 5.98. The Morgan fingerprint density at radius 1 is 1.14 bits per heavy atom. The second-order valence-corrected chi connectivity index (χ2v) is 8.67. The van der Waals surface area contributed by atoms with E-state index < -0.39 is 5.54 Å². The Hall–Kier alpha value is -2.41. The minimum atomic E-state index is -0.705. The van der Waals surface area contributed by atoms with Gasteiger partial charge >= 0.3 is 6.03 Å². The second kappa shape index (κ2) is 8.14. The Balaban J connectivity index is 1.31. The summed E-state index contributed by atoms with van der Waals surface area (Å²) >= 11 is 0. The third-order valence-corrected chi connectivity index (χ3v) is 6.84. The number of carbonyl (C=O) groups excluding carboxylic acids is 3. The maximum absolute atomic E-state index is 13.1. The van der Waals surface area contributed by atoms with Crippen LogP contribution in [0.1, 0.15) is 45.4 Å². The van der Waals surface area contributed by atoms with Gasteiger partial charge in [-0.2, -0.15) is 0 Å². The van der Waals surface area contributed by atoms with Crippen molar-refractivity contribution >= 4 is 23.5 Å². The quantitative estimate of drug-likeness (QED) is 0.764. The highest BCUT2D eigenvalue weighted by Gasteiger charge is 2.55. The van der Waals surface area contributed by atoms with E-state index in [-0.39, 0.29) is 29.7 Å². The molecule has 29 heavy (non-hydrogen) atoms. The van der Waals surface area contributed by atoms with Crippen molar-refractivity contribution in [3.05, 3.63) is 30.3 Å². The number of hydrogen-bond donors (Lipinski definition) is 2. The van der Waals surface area contributed by atoms with E-state index in [0.29, 0.717) is 19.8 Å². The number of urea groups is 1. The van der Waals surface area contributed by atoms with Crippen LogP contribution in [0, 0.1) is 11.8 Å². The van der Waals surface area contributed by atoms with Crippen molar-refractivity contribution in [2.45, 2.75) is 51.0 Å². The van der Waals surface area contributed by atoms with Crippen LogP contribution in [0.2, 0.25) is 0 Å². The number of nitrogens with zero attached hydrogens (tertiary/aromatic N) is 2.